The summed E-state index contributed by atoms with van der Waals surface area (Å²) in [6.07, 6.45) is 1.29. The minimum atomic E-state index is -1.87. The zero-order valence-electron chi connectivity index (χ0n) is 18.8. The molecule has 3 heteroatoms. The minimum absolute atomic E-state index is 0.0983. The van der Waals surface area contributed by atoms with Crippen molar-refractivity contribution in [2.24, 2.45) is 11.8 Å². The van der Waals surface area contributed by atoms with Crippen LogP contribution in [0.3, 0.4) is 0 Å². The van der Waals surface area contributed by atoms with Gasteiger partial charge in [0.05, 0.1) is 13.2 Å². The van der Waals surface area contributed by atoms with E-state index in [4.69, 9.17) is 4.43 Å². The average molecular weight is 371 g/mol. The van der Waals surface area contributed by atoms with Crippen molar-refractivity contribution in [2.75, 3.05) is 0 Å². The van der Waals surface area contributed by atoms with Crippen LogP contribution in [-0.2, 0) is 4.43 Å². The van der Waals surface area contributed by atoms with Crippen molar-refractivity contribution < 1.29 is 4.43 Å². The van der Waals surface area contributed by atoms with Crippen LogP contribution in [0, 0.1) is 11.8 Å². The molecule has 1 aliphatic heterocycles. The number of hydrogen-bond donors (Lipinski definition) is 0. The van der Waals surface area contributed by atoms with Crippen LogP contribution in [0.5, 0.6) is 0 Å². The normalized spacial score (nSPS) is 23.2. The molecule has 0 amide bonds. The zero-order valence-corrected chi connectivity index (χ0v) is 20.8. The molecule has 144 valence electrons. The van der Waals surface area contributed by atoms with Crippen molar-refractivity contribution in [3.8, 4) is 0 Å². The molecular weight excluding hydrogens is 324 g/mol. The van der Waals surface area contributed by atoms with E-state index >= 15 is 0 Å². The monoisotopic (exact) mass is 370 g/mol. The topological polar surface area (TPSA) is 9.23 Å². The van der Waals surface area contributed by atoms with E-state index in [-0.39, 0.29) is 5.60 Å². The molecule has 1 rings (SSSR count). The van der Waals surface area contributed by atoms with Crippen LogP contribution in [0.1, 0.15) is 89.5 Å². The summed E-state index contributed by atoms with van der Waals surface area (Å²) in [6.45, 7) is 29.7. The highest BCUT2D eigenvalue weighted by molar-refractivity contribution is 7.42. The Morgan fingerprint density at radius 2 is 1.00 bits per heavy atom. The molecule has 1 heterocycles. The quantitative estimate of drug-likeness (QED) is 0.438. The lowest BCUT2D eigenvalue weighted by molar-refractivity contribution is -0.0403. The molecule has 0 N–H and O–H groups in total. The fourth-order valence-electron chi connectivity index (χ4n) is 6.66. The van der Waals surface area contributed by atoms with Gasteiger partial charge in [0.1, 0.15) is 0 Å². The lowest BCUT2D eigenvalue weighted by atomic mass is 9.78. The highest BCUT2D eigenvalue weighted by Crippen LogP contribution is 2.60. The molecule has 0 aromatic carbocycles. The van der Waals surface area contributed by atoms with E-state index in [1.807, 2.05) is 0 Å². The molecule has 0 radical (unpaired) electrons. The van der Waals surface area contributed by atoms with Crippen LogP contribution in [-0.4, -0.2) is 21.0 Å². The fraction of sp³-hybridized carbons (Fsp3) is 1.00. The zero-order chi connectivity index (χ0) is 19.1. The van der Waals surface area contributed by atoms with E-state index in [2.05, 4.69) is 83.1 Å². The van der Waals surface area contributed by atoms with Gasteiger partial charge < -0.3 is 4.43 Å². The molecule has 1 nitrogen and oxygen atoms in total. The molecule has 1 saturated heterocycles. The van der Waals surface area contributed by atoms with Gasteiger partial charge in [-0.2, -0.15) is 0 Å². The first-order valence-electron chi connectivity index (χ1n) is 10.5. The van der Waals surface area contributed by atoms with Crippen molar-refractivity contribution in [3.05, 3.63) is 0 Å². The van der Waals surface area contributed by atoms with Gasteiger partial charge in [0.25, 0.3) is 0 Å². The Bertz CT molecular complexity index is 386. The molecule has 0 spiro atoms. The third-order valence-electron chi connectivity index (χ3n) is 7.75. The Balaban J connectivity index is 3.69. The van der Waals surface area contributed by atoms with Crippen molar-refractivity contribution in [1.82, 2.24) is 0 Å². The number of hydrogen-bond acceptors (Lipinski definition) is 1. The Morgan fingerprint density at radius 3 is 1.25 bits per heavy atom. The average Bonchev–Trinajstić information content (AvgIpc) is 2.44. The van der Waals surface area contributed by atoms with Crippen molar-refractivity contribution in [3.63, 3.8) is 0 Å². The predicted octanol–water partition coefficient (Wildman–Crippen LogP) is 7.57. The second kappa shape index (κ2) is 7.56. The van der Waals surface area contributed by atoms with Crippen molar-refractivity contribution >= 4 is 15.4 Å². The first-order chi connectivity index (χ1) is 10.8. The standard InChI is InChI=1S/C21H46OSi2/c1-15(2)21(16(3)4)13-14-23(17(5)6,18(7)8)24(22-21,19(9)10)20(11)12/h15-20H,13-14H2,1-12H3. The summed E-state index contributed by atoms with van der Waals surface area (Å²) < 4.78 is 7.65. The summed E-state index contributed by atoms with van der Waals surface area (Å²) in [5.74, 6) is 1.21. The van der Waals surface area contributed by atoms with Crippen LogP contribution < -0.4 is 0 Å². The van der Waals surface area contributed by atoms with Gasteiger partial charge >= 0.3 is 0 Å². The predicted molar refractivity (Wildman–Crippen MR) is 115 cm³/mol. The van der Waals surface area contributed by atoms with Crippen LogP contribution >= 0.6 is 0 Å². The van der Waals surface area contributed by atoms with Gasteiger partial charge in [-0.05, 0) is 29.3 Å². The molecule has 0 aromatic rings. The Kier molecular flexibility index (Phi) is 7.07. The minimum Gasteiger partial charge on any atom is -0.413 e. The maximum Gasteiger partial charge on any atom is 0.186 e. The summed E-state index contributed by atoms with van der Waals surface area (Å²) in [4.78, 5) is 0. The third kappa shape index (κ3) is 3.01. The maximum absolute atomic E-state index is 7.65. The van der Waals surface area contributed by atoms with E-state index in [9.17, 15) is 0 Å². The van der Waals surface area contributed by atoms with Gasteiger partial charge in [0, 0.05) is 0 Å². The van der Waals surface area contributed by atoms with Crippen LogP contribution in [0.2, 0.25) is 28.2 Å². The fourth-order valence-corrected chi connectivity index (χ4v) is 32.0. The summed E-state index contributed by atoms with van der Waals surface area (Å²) in [7, 11) is -3.37. The lowest BCUT2D eigenvalue weighted by Gasteiger charge is -2.65. The molecule has 0 bridgehead atoms. The Morgan fingerprint density at radius 1 is 0.625 bits per heavy atom. The van der Waals surface area contributed by atoms with E-state index < -0.39 is 15.4 Å². The van der Waals surface area contributed by atoms with Crippen molar-refractivity contribution in [1.29, 1.82) is 0 Å². The Labute approximate surface area is 155 Å². The van der Waals surface area contributed by atoms with Gasteiger partial charge in [-0.1, -0.05) is 100 Å². The summed E-state index contributed by atoms with van der Waals surface area (Å²) in [6, 6.07) is 1.49. The van der Waals surface area contributed by atoms with Gasteiger partial charge in [0.2, 0.25) is 0 Å². The largest absolute Gasteiger partial charge is 0.413 e. The second-order valence-corrected chi connectivity index (χ2v) is 24.4. The van der Waals surface area contributed by atoms with Gasteiger partial charge in [0.15, 0.2) is 7.83 Å². The molecule has 0 aromatic heterocycles. The molecule has 0 atom stereocenters. The molecular formula is C21H46OSi2. The highest BCUT2D eigenvalue weighted by Gasteiger charge is 2.68. The number of rotatable bonds is 6. The molecule has 0 unspecified atom stereocenters. The SMILES string of the molecule is CC(C)C1(C(C)C)CC[Si](C(C)C)(C(C)C)[Si](C(C)C)(C(C)C)O1. The third-order valence-corrected chi connectivity index (χ3v) is 30.9. The summed E-state index contributed by atoms with van der Waals surface area (Å²) in [5.41, 5.74) is 3.18. The summed E-state index contributed by atoms with van der Waals surface area (Å²) in [5, 5.41) is 0. The van der Waals surface area contributed by atoms with Crippen LogP contribution in [0.4, 0.5) is 0 Å². The Hall–Kier alpha value is 0.394. The van der Waals surface area contributed by atoms with Crippen LogP contribution in [0.25, 0.3) is 0 Å². The molecule has 24 heavy (non-hydrogen) atoms. The van der Waals surface area contributed by atoms with E-state index in [0.29, 0.717) is 22.9 Å². The lowest BCUT2D eigenvalue weighted by Crippen LogP contribution is -2.77. The molecule has 0 aliphatic carbocycles. The molecule has 0 saturated carbocycles. The van der Waals surface area contributed by atoms with E-state index in [1.54, 1.807) is 0 Å². The van der Waals surface area contributed by atoms with Gasteiger partial charge in [-0.3, -0.25) is 0 Å². The summed E-state index contributed by atoms with van der Waals surface area (Å²) >= 11 is 0. The van der Waals surface area contributed by atoms with Gasteiger partial charge in [-0.15, -0.1) is 0 Å². The van der Waals surface area contributed by atoms with Crippen LogP contribution in [0.15, 0.2) is 0 Å². The smallest absolute Gasteiger partial charge is 0.186 e. The second-order valence-electron chi connectivity index (χ2n) is 10.3. The highest BCUT2D eigenvalue weighted by atomic mass is 29.3. The van der Waals surface area contributed by atoms with E-state index in [1.165, 1.54) is 12.5 Å². The van der Waals surface area contributed by atoms with Gasteiger partial charge in [-0.25, -0.2) is 0 Å². The molecule has 1 fully saturated rings. The maximum atomic E-state index is 7.65. The van der Waals surface area contributed by atoms with Crippen molar-refractivity contribution in [2.45, 2.75) is 123 Å². The first-order valence-corrected chi connectivity index (χ1v) is 16.0. The van der Waals surface area contributed by atoms with E-state index in [0.717, 1.165) is 11.1 Å². The first kappa shape index (κ1) is 22.4. The molecule has 1 aliphatic rings.